The van der Waals surface area contributed by atoms with Crippen LogP contribution in [0.2, 0.25) is 0 Å². The van der Waals surface area contributed by atoms with Gasteiger partial charge in [0.25, 0.3) is 0 Å². The van der Waals surface area contributed by atoms with Crippen molar-refractivity contribution >= 4 is 71.1 Å². The normalized spacial score (nSPS) is 22.2. The first-order valence-electron chi connectivity index (χ1n) is 18.7. The van der Waals surface area contributed by atoms with E-state index in [1.807, 2.05) is 88.4 Å². The number of nitrogens with one attached hydrogen (secondary N) is 8. The number of hydrogen-bond donors (Lipinski definition) is 8. The van der Waals surface area contributed by atoms with Crippen molar-refractivity contribution in [2.45, 2.75) is 86.0 Å². The fourth-order valence-corrected chi connectivity index (χ4v) is 9.27. The van der Waals surface area contributed by atoms with Crippen molar-refractivity contribution in [1.29, 1.82) is 0 Å². The van der Waals surface area contributed by atoms with Gasteiger partial charge in [0.1, 0.15) is 24.2 Å². The van der Waals surface area contributed by atoms with Crippen LogP contribution in [0, 0.1) is 0 Å². The summed E-state index contributed by atoms with van der Waals surface area (Å²) in [4.78, 5) is 78.9. The van der Waals surface area contributed by atoms with Gasteiger partial charge in [-0.3, -0.25) is 39.4 Å². The molecule has 2 saturated heterocycles. The molecule has 6 atom stereocenters. The zero-order chi connectivity index (χ0) is 40.9. The molecule has 0 radical (unpaired) electrons. The summed E-state index contributed by atoms with van der Waals surface area (Å²) >= 11 is 2.77. The van der Waals surface area contributed by atoms with Gasteiger partial charge in [-0.15, -0.1) is 23.5 Å². The Balaban J connectivity index is 1.31. The molecule has 6 amide bonds. The maximum Gasteiger partial charge on any atom is 0.245 e. The first kappa shape index (κ1) is 44.1. The summed E-state index contributed by atoms with van der Waals surface area (Å²) in [6.07, 6.45) is 6.07. The lowest BCUT2D eigenvalue weighted by Crippen LogP contribution is -2.58. The molecule has 56 heavy (non-hydrogen) atoms. The van der Waals surface area contributed by atoms with Crippen molar-refractivity contribution in [1.82, 2.24) is 42.5 Å². The molecule has 2 aromatic rings. The zero-order valence-electron chi connectivity index (χ0n) is 32.6. The number of carbonyl (C=O) groups is 6. The van der Waals surface area contributed by atoms with E-state index in [1.54, 1.807) is 26.0 Å². The minimum atomic E-state index is -0.958. The van der Waals surface area contributed by atoms with Crippen LogP contribution in [0.5, 0.6) is 0 Å². The van der Waals surface area contributed by atoms with E-state index in [9.17, 15) is 28.8 Å². The molecule has 2 fully saturated rings. The topological polar surface area (TPSA) is 199 Å². The highest BCUT2D eigenvalue weighted by atomic mass is 32.2. The largest absolute Gasteiger partial charge is 0.355 e. The second-order valence-corrected chi connectivity index (χ2v) is 17.9. The van der Waals surface area contributed by atoms with Crippen LogP contribution in [0.4, 0.5) is 0 Å². The van der Waals surface area contributed by atoms with Gasteiger partial charge in [-0.05, 0) is 64.8 Å². The van der Waals surface area contributed by atoms with E-state index in [0.717, 1.165) is 11.1 Å². The van der Waals surface area contributed by atoms with Crippen LogP contribution in [0.25, 0.3) is 12.2 Å². The number of benzene rings is 2. The quantitative estimate of drug-likeness (QED) is 0.0857. The van der Waals surface area contributed by atoms with E-state index in [0.29, 0.717) is 13.1 Å². The molecule has 16 heteroatoms. The Morgan fingerprint density at radius 1 is 0.607 bits per heavy atom. The standard InChI is InChI=1S/C40H54N8O6S2/c1-7-41-33(51)29(45-27(49)21-19-25-15-11-9-12-16-25)37-47-31(39(3,4)55-37)35(53)43-23-24-44-36(54)32-40(5,6)56-38(48-32)30(34(52)42-8-2)46-28(50)22-20-26-17-13-10-14-18-26/h9-22,29-32,37-38,47-48H,7-8,23-24H2,1-6H3,(H,41,51)(H,42,52)(H,43,53)(H,44,54)(H,45,49)(H,46,50)/b21-19-,22-20-/t29-,30-,31+,32+,37-,38-/m1/s1. The van der Waals surface area contributed by atoms with Crippen LogP contribution in [0.1, 0.15) is 52.7 Å². The van der Waals surface area contributed by atoms with Gasteiger partial charge in [0.2, 0.25) is 35.4 Å². The Bertz CT molecular complexity index is 1630. The van der Waals surface area contributed by atoms with Crippen molar-refractivity contribution < 1.29 is 28.8 Å². The third-order valence-electron chi connectivity index (χ3n) is 9.08. The number of amides is 6. The molecule has 0 spiro atoms. The predicted octanol–water partition coefficient (Wildman–Crippen LogP) is 1.51. The van der Waals surface area contributed by atoms with E-state index < -0.39 is 56.2 Å². The fraction of sp³-hybridized carbons (Fsp3) is 0.450. The van der Waals surface area contributed by atoms with Crippen LogP contribution in [-0.4, -0.2) is 106 Å². The highest BCUT2D eigenvalue weighted by Gasteiger charge is 2.50. The van der Waals surface area contributed by atoms with Gasteiger partial charge in [-0.25, -0.2) is 0 Å². The van der Waals surface area contributed by atoms with E-state index in [2.05, 4.69) is 42.5 Å². The maximum absolute atomic E-state index is 13.5. The Morgan fingerprint density at radius 2 is 0.964 bits per heavy atom. The Morgan fingerprint density at radius 3 is 1.30 bits per heavy atom. The molecule has 302 valence electrons. The zero-order valence-corrected chi connectivity index (χ0v) is 34.3. The number of likely N-dealkylation sites (N-methyl/N-ethyl adjacent to an activating group) is 2. The molecule has 0 aromatic heterocycles. The number of carbonyl (C=O) groups excluding carboxylic acids is 6. The van der Waals surface area contributed by atoms with Crippen molar-refractivity contribution in [3.63, 3.8) is 0 Å². The van der Waals surface area contributed by atoms with Crippen molar-refractivity contribution in [3.05, 3.63) is 83.9 Å². The smallest absolute Gasteiger partial charge is 0.245 e. The fourth-order valence-electron chi connectivity index (χ4n) is 6.28. The highest BCUT2D eigenvalue weighted by molar-refractivity contribution is 8.01. The summed E-state index contributed by atoms with van der Waals surface area (Å²) in [6, 6.07) is 15.3. The lowest BCUT2D eigenvalue weighted by Gasteiger charge is -2.25. The average molecular weight is 807 g/mol. The van der Waals surface area contributed by atoms with Gasteiger partial charge in [-0.1, -0.05) is 60.7 Å². The SMILES string of the molecule is CCNC(=O)[C@@H](NC(=O)/C=C\c1ccccc1)[C@@H]1N[C@@H](C(=O)NCCNC(=O)[C@@H]2N[C@@H]([C@H](NC(=O)/C=C\c3ccccc3)C(=O)NCC)SC2(C)C)C(C)(C)S1. The third kappa shape index (κ3) is 12.4. The van der Waals surface area contributed by atoms with Crippen molar-refractivity contribution in [2.24, 2.45) is 0 Å². The molecular formula is C40H54N8O6S2. The van der Waals surface area contributed by atoms with Gasteiger partial charge in [0, 0.05) is 47.8 Å². The van der Waals surface area contributed by atoms with E-state index in [4.69, 9.17) is 0 Å². The molecule has 2 heterocycles. The lowest BCUT2D eigenvalue weighted by atomic mass is 10.0. The van der Waals surface area contributed by atoms with E-state index in [1.165, 1.54) is 35.7 Å². The molecule has 0 saturated carbocycles. The first-order chi connectivity index (χ1) is 26.6. The summed E-state index contributed by atoms with van der Waals surface area (Å²) < 4.78 is -1.30. The second kappa shape index (κ2) is 20.5. The number of thioether (sulfide) groups is 2. The second-order valence-electron chi connectivity index (χ2n) is 14.3. The van der Waals surface area contributed by atoms with Crippen molar-refractivity contribution in [2.75, 3.05) is 26.2 Å². The summed E-state index contributed by atoms with van der Waals surface area (Å²) in [7, 11) is 0. The molecular weight excluding hydrogens is 753 g/mol. The predicted molar refractivity (Wildman–Crippen MR) is 223 cm³/mol. The molecule has 0 unspecified atom stereocenters. The molecule has 2 aliphatic rings. The van der Waals surface area contributed by atoms with Crippen molar-refractivity contribution in [3.8, 4) is 0 Å². The van der Waals surface area contributed by atoms with Gasteiger partial charge in [0.05, 0.1) is 10.7 Å². The molecule has 0 aliphatic carbocycles. The number of rotatable bonds is 17. The Hall–Kier alpha value is -4.64. The first-order valence-corrected chi connectivity index (χ1v) is 20.5. The third-order valence-corrected chi connectivity index (χ3v) is 12.1. The van der Waals surface area contributed by atoms with Gasteiger partial charge < -0.3 is 31.9 Å². The Labute approximate surface area is 337 Å². The average Bonchev–Trinajstić information content (AvgIpc) is 3.67. The van der Waals surface area contributed by atoms with Gasteiger partial charge >= 0.3 is 0 Å². The maximum atomic E-state index is 13.5. The van der Waals surface area contributed by atoms with Gasteiger partial charge in [0.15, 0.2) is 0 Å². The lowest BCUT2D eigenvalue weighted by molar-refractivity contribution is -0.128. The van der Waals surface area contributed by atoms with Gasteiger partial charge in [-0.2, -0.15) is 0 Å². The van der Waals surface area contributed by atoms with Crippen LogP contribution in [-0.2, 0) is 28.8 Å². The summed E-state index contributed by atoms with van der Waals surface area (Å²) in [5.74, 6) is -2.27. The summed E-state index contributed by atoms with van der Waals surface area (Å²) in [5.41, 5.74) is 1.68. The monoisotopic (exact) mass is 806 g/mol. The minimum absolute atomic E-state index is 0.129. The molecule has 8 N–H and O–H groups in total. The van der Waals surface area contributed by atoms with E-state index in [-0.39, 0.29) is 36.7 Å². The molecule has 4 rings (SSSR count). The molecule has 2 aliphatic heterocycles. The highest BCUT2D eigenvalue weighted by Crippen LogP contribution is 2.40. The molecule has 2 aromatic carbocycles. The van der Waals surface area contributed by atoms with E-state index >= 15 is 0 Å². The summed E-state index contributed by atoms with van der Waals surface area (Å²) in [5, 5.41) is 22.2. The van der Waals surface area contributed by atoms with Crippen LogP contribution in [0.3, 0.4) is 0 Å². The Kier molecular flexibility index (Phi) is 16.1. The summed E-state index contributed by atoms with van der Waals surface area (Å²) in [6.45, 7) is 12.1. The minimum Gasteiger partial charge on any atom is -0.355 e. The van der Waals surface area contributed by atoms with Crippen LogP contribution in [0.15, 0.2) is 72.8 Å². The van der Waals surface area contributed by atoms with Crippen LogP contribution >= 0.6 is 23.5 Å². The molecule has 14 nitrogen and oxygen atoms in total. The molecule has 0 bridgehead atoms. The number of hydrogen-bond acceptors (Lipinski definition) is 10. The van der Waals surface area contributed by atoms with Crippen LogP contribution < -0.4 is 42.5 Å².